The Hall–Kier alpha value is -3.52. The number of aromatic nitrogens is 4. The van der Waals surface area contributed by atoms with Crippen molar-refractivity contribution in [1.82, 2.24) is 25.4 Å². The molecule has 0 aliphatic rings. The molecule has 0 fully saturated rings. The number of nitrogens with zero attached hydrogens (tertiary/aromatic N) is 4. The zero-order valence-electron chi connectivity index (χ0n) is 16.1. The van der Waals surface area contributed by atoms with Gasteiger partial charge in [-0.15, -0.1) is 5.10 Å². The molecule has 0 saturated heterocycles. The fraction of sp³-hybridized carbons (Fsp3) is 0.190. The molecule has 1 N–H and O–H groups in total. The number of hydrogen-bond acceptors (Lipinski definition) is 6. The summed E-state index contributed by atoms with van der Waals surface area (Å²) in [5, 5.41) is 15.3. The highest BCUT2D eigenvalue weighted by molar-refractivity contribution is 5.66. The van der Waals surface area contributed by atoms with Gasteiger partial charge in [-0.25, -0.2) is 4.39 Å². The van der Waals surface area contributed by atoms with Gasteiger partial charge in [0.25, 0.3) is 0 Å². The predicted molar refractivity (Wildman–Crippen MR) is 106 cm³/mol. The van der Waals surface area contributed by atoms with Crippen molar-refractivity contribution < 1.29 is 13.9 Å². The Morgan fingerprint density at radius 2 is 1.72 bits per heavy atom. The zero-order valence-corrected chi connectivity index (χ0v) is 16.1. The fourth-order valence-corrected chi connectivity index (χ4v) is 3.18. The summed E-state index contributed by atoms with van der Waals surface area (Å²) in [6.45, 7) is 1.20. The van der Waals surface area contributed by atoms with Gasteiger partial charge in [0.1, 0.15) is 5.82 Å². The minimum absolute atomic E-state index is 0.269. The van der Waals surface area contributed by atoms with E-state index in [1.165, 1.54) is 12.1 Å². The average Bonchev–Trinajstić information content (AvgIpc) is 3.23. The molecule has 0 spiro atoms. The first-order chi connectivity index (χ1) is 14.2. The Kier molecular flexibility index (Phi) is 5.35. The van der Waals surface area contributed by atoms with Gasteiger partial charge in [-0.3, -0.25) is 0 Å². The van der Waals surface area contributed by atoms with Crippen LogP contribution >= 0.6 is 0 Å². The first-order valence-corrected chi connectivity index (χ1v) is 9.06. The number of halogens is 1. The second-order valence-corrected chi connectivity index (χ2v) is 6.50. The number of methoxy groups -OCH3 is 2. The molecule has 29 heavy (non-hydrogen) atoms. The van der Waals surface area contributed by atoms with Crippen LogP contribution in [-0.2, 0) is 13.1 Å². The highest BCUT2D eigenvalue weighted by Crippen LogP contribution is 2.27. The lowest BCUT2D eigenvalue weighted by Crippen LogP contribution is -2.14. The Bertz CT molecular complexity index is 1130. The number of rotatable bonds is 7. The molecular weight excluding hydrogens is 373 g/mol. The van der Waals surface area contributed by atoms with Crippen LogP contribution in [0.25, 0.3) is 16.8 Å². The number of nitrogens with one attached hydrogen (secondary N) is 1. The Labute approximate surface area is 167 Å². The molecule has 2 heterocycles. The molecule has 2 aromatic heterocycles. The van der Waals surface area contributed by atoms with Gasteiger partial charge in [-0.1, -0.05) is 18.2 Å². The number of fused-ring (bicyclic) bond motifs is 1. The summed E-state index contributed by atoms with van der Waals surface area (Å²) in [5.74, 6) is 1.11. The van der Waals surface area contributed by atoms with E-state index < -0.39 is 0 Å². The Morgan fingerprint density at radius 1 is 0.931 bits per heavy atom. The number of tetrazole rings is 1. The second kappa shape index (κ2) is 8.24. The first kappa shape index (κ1) is 18.8. The van der Waals surface area contributed by atoms with E-state index >= 15 is 0 Å². The van der Waals surface area contributed by atoms with Crippen LogP contribution in [0, 0.1) is 5.82 Å². The molecule has 148 valence electrons. The lowest BCUT2D eigenvalue weighted by Gasteiger charge is -2.11. The summed E-state index contributed by atoms with van der Waals surface area (Å²) >= 11 is 0. The smallest absolute Gasteiger partial charge is 0.183 e. The molecule has 0 saturated carbocycles. The van der Waals surface area contributed by atoms with Gasteiger partial charge < -0.3 is 14.8 Å². The van der Waals surface area contributed by atoms with Gasteiger partial charge >= 0.3 is 0 Å². The van der Waals surface area contributed by atoms with Gasteiger partial charge in [-0.2, -0.15) is 4.52 Å². The molecule has 0 atom stereocenters. The van der Waals surface area contributed by atoms with E-state index in [2.05, 4.69) is 20.8 Å². The summed E-state index contributed by atoms with van der Waals surface area (Å²) < 4.78 is 25.5. The van der Waals surface area contributed by atoms with Crippen LogP contribution < -0.4 is 14.8 Å². The van der Waals surface area contributed by atoms with Crippen LogP contribution in [0.4, 0.5) is 4.39 Å². The van der Waals surface area contributed by atoms with Crippen molar-refractivity contribution in [3.8, 4) is 22.6 Å². The molecule has 7 nitrogen and oxygen atoms in total. The van der Waals surface area contributed by atoms with E-state index in [-0.39, 0.29) is 5.82 Å². The molecule has 2 aromatic carbocycles. The summed E-state index contributed by atoms with van der Waals surface area (Å²) in [4.78, 5) is 0. The molecule has 4 rings (SSSR count). The monoisotopic (exact) mass is 393 g/mol. The van der Waals surface area contributed by atoms with E-state index in [0.717, 1.165) is 22.3 Å². The van der Waals surface area contributed by atoms with Gasteiger partial charge in [-0.05, 0) is 51.9 Å². The highest BCUT2D eigenvalue weighted by Gasteiger charge is 2.10. The van der Waals surface area contributed by atoms with Crippen LogP contribution in [0.5, 0.6) is 11.5 Å². The predicted octanol–water partition coefficient (Wildman–Crippen LogP) is 3.24. The third-order valence-corrected chi connectivity index (χ3v) is 4.64. The van der Waals surface area contributed by atoms with Crippen molar-refractivity contribution >= 4 is 5.65 Å². The molecule has 4 aromatic rings. The molecular formula is C21H20FN5O2. The summed E-state index contributed by atoms with van der Waals surface area (Å²) in [6.07, 6.45) is 1.83. The van der Waals surface area contributed by atoms with E-state index in [9.17, 15) is 4.39 Å². The lowest BCUT2D eigenvalue weighted by molar-refractivity contribution is 0.354. The Morgan fingerprint density at radius 3 is 2.48 bits per heavy atom. The molecule has 0 radical (unpaired) electrons. The second-order valence-electron chi connectivity index (χ2n) is 6.50. The quantitative estimate of drug-likeness (QED) is 0.520. The average molecular weight is 393 g/mol. The largest absolute Gasteiger partial charge is 0.493 e. The minimum Gasteiger partial charge on any atom is -0.493 e. The van der Waals surface area contributed by atoms with E-state index in [0.29, 0.717) is 30.2 Å². The van der Waals surface area contributed by atoms with Crippen molar-refractivity contribution in [3.05, 3.63) is 71.7 Å². The van der Waals surface area contributed by atoms with Gasteiger partial charge in [0.2, 0.25) is 0 Å². The maximum absolute atomic E-state index is 13.3. The molecule has 0 aliphatic heterocycles. The van der Waals surface area contributed by atoms with Gasteiger partial charge in [0.05, 0.1) is 14.2 Å². The van der Waals surface area contributed by atoms with Gasteiger partial charge in [0, 0.05) is 30.4 Å². The SMILES string of the molecule is COc1ccc(CNCc2cc(-c3ccc(F)cc3)cn3nnnc23)cc1OC. The third-order valence-electron chi connectivity index (χ3n) is 4.64. The maximum Gasteiger partial charge on any atom is 0.183 e. The van der Waals surface area contributed by atoms with Crippen LogP contribution in [0.3, 0.4) is 0 Å². The number of ether oxygens (including phenoxy) is 2. The van der Waals surface area contributed by atoms with Crippen LogP contribution in [0.1, 0.15) is 11.1 Å². The molecule has 0 bridgehead atoms. The Balaban J connectivity index is 1.55. The van der Waals surface area contributed by atoms with E-state index in [1.54, 1.807) is 30.9 Å². The topological polar surface area (TPSA) is 73.6 Å². The van der Waals surface area contributed by atoms with Crippen LogP contribution in [-0.4, -0.2) is 34.3 Å². The summed E-state index contributed by atoms with van der Waals surface area (Å²) in [7, 11) is 3.23. The molecule has 0 amide bonds. The number of hydrogen-bond donors (Lipinski definition) is 1. The van der Waals surface area contributed by atoms with Crippen molar-refractivity contribution in [3.63, 3.8) is 0 Å². The molecule has 0 unspecified atom stereocenters. The zero-order chi connectivity index (χ0) is 20.2. The first-order valence-electron chi connectivity index (χ1n) is 9.06. The minimum atomic E-state index is -0.269. The van der Waals surface area contributed by atoms with Crippen molar-refractivity contribution in [1.29, 1.82) is 0 Å². The normalized spacial score (nSPS) is 11.0. The molecule has 0 aliphatic carbocycles. The highest BCUT2D eigenvalue weighted by atomic mass is 19.1. The van der Waals surface area contributed by atoms with Crippen molar-refractivity contribution in [2.45, 2.75) is 13.1 Å². The number of pyridine rings is 1. The van der Waals surface area contributed by atoms with Gasteiger partial charge in [0.15, 0.2) is 17.1 Å². The van der Waals surface area contributed by atoms with E-state index in [4.69, 9.17) is 9.47 Å². The standard InChI is InChI=1S/C21H20FN5O2/c1-28-19-8-3-14(9-20(19)29-2)11-23-12-16-10-17(13-27-21(16)24-25-26-27)15-4-6-18(22)7-5-15/h3-10,13,23H,11-12H2,1-2H3. The van der Waals surface area contributed by atoms with Crippen molar-refractivity contribution in [2.24, 2.45) is 0 Å². The van der Waals surface area contributed by atoms with Crippen molar-refractivity contribution in [2.75, 3.05) is 14.2 Å². The lowest BCUT2D eigenvalue weighted by atomic mass is 10.1. The van der Waals surface area contributed by atoms with E-state index in [1.807, 2.05) is 30.5 Å². The third kappa shape index (κ3) is 4.02. The summed E-state index contributed by atoms with van der Waals surface area (Å²) in [5.41, 5.74) is 4.48. The number of benzene rings is 2. The molecule has 8 heteroatoms. The maximum atomic E-state index is 13.3. The fourth-order valence-electron chi connectivity index (χ4n) is 3.18. The summed E-state index contributed by atoms with van der Waals surface area (Å²) in [6, 6.07) is 14.2. The van der Waals surface area contributed by atoms with Crippen LogP contribution in [0.2, 0.25) is 0 Å². The van der Waals surface area contributed by atoms with Crippen LogP contribution in [0.15, 0.2) is 54.7 Å².